The fourth-order valence-corrected chi connectivity index (χ4v) is 1.46. The fourth-order valence-electron chi connectivity index (χ4n) is 1.46. The van der Waals surface area contributed by atoms with E-state index in [1.54, 1.807) is 0 Å². The third-order valence-electron chi connectivity index (χ3n) is 2.41. The molecule has 64 valence electrons. The Labute approximate surface area is 108 Å². The molecular weight excluding hydrogens is 174 g/mol. The molecule has 0 fully saturated rings. The van der Waals surface area contributed by atoms with Crippen LogP contribution in [0.2, 0.25) is 0 Å². The van der Waals surface area contributed by atoms with Crippen LogP contribution >= 0.6 is 0 Å². The minimum absolute atomic E-state index is 0.923. The number of ether oxygens (including phenoxy) is 1. The zero-order valence-electron chi connectivity index (χ0n) is 9.03. The zero-order chi connectivity index (χ0) is 10.7. The van der Waals surface area contributed by atoms with Gasteiger partial charge in [-0.3, -0.25) is 0 Å². The van der Waals surface area contributed by atoms with Gasteiger partial charge in [-0.1, -0.05) is 0 Å². The molecule has 0 radical (unpaired) electrons. The summed E-state index contributed by atoms with van der Waals surface area (Å²) >= 11 is 4.10. The molecule has 15 heavy (non-hydrogen) atoms. The third kappa shape index (κ3) is 2.72. The van der Waals surface area contributed by atoms with E-state index in [9.17, 15) is 0 Å². The molecule has 0 heterocycles. The van der Waals surface area contributed by atoms with Gasteiger partial charge in [-0.15, -0.1) is 0 Å². The molecular formula is C12H8Li2O. The van der Waals surface area contributed by atoms with Gasteiger partial charge in [0.2, 0.25) is 0 Å². The predicted molar refractivity (Wildman–Crippen MR) is 63.7 cm³/mol. The van der Waals surface area contributed by atoms with Crippen LogP contribution in [-0.4, -0.2) is 35.4 Å². The second-order valence-corrected chi connectivity index (χ2v) is 3.63. The maximum atomic E-state index is 5.84. The van der Waals surface area contributed by atoms with Crippen LogP contribution in [0, 0.1) is 0 Å². The first-order valence-corrected chi connectivity index (χ1v) is 5.06. The Bertz CT molecular complexity index is 425. The maximum absolute atomic E-state index is 5.84. The van der Waals surface area contributed by atoms with Crippen LogP contribution in [-0.2, 0) is 0 Å². The molecule has 2 rings (SSSR count). The van der Waals surface area contributed by atoms with E-state index >= 15 is 0 Å². The van der Waals surface area contributed by atoms with Gasteiger partial charge in [0.15, 0.2) is 0 Å². The first-order chi connectivity index (χ1) is 7.27. The van der Waals surface area contributed by atoms with Crippen LogP contribution in [0.5, 0.6) is 11.5 Å². The van der Waals surface area contributed by atoms with Crippen molar-refractivity contribution in [3.8, 4) is 11.5 Å². The molecule has 0 atom stereocenters. The van der Waals surface area contributed by atoms with Gasteiger partial charge in [-0.25, -0.2) is 0 Å². The number of hydrogen-bond acceptors (Lipinski definition) is 1. The topological polar surface area (TPSA) is 9.23 Å². The van der Waals surface area contributed by atoms with Gasteiger partial charge in [0.25, 0.3) is 0 Å². The van der Waals surface area contributed by atoms with E-state index in [-0.39, 0.29) is 0 Å². The van der Waals surface area contributed by atoms with Crippen molar-refractivity contribution in [3.63, 3.8) is 0 Å². The molecule has 0 spiro atoms. The summed E-state index contributed by atoms with van der Waals surface area (Å²) in [6, 6.07) is 16.1. The summed E-state index contributed by atoms with van der Waals surface area (Å²) in [6.07, 6.45) is 0. The summed E-state index contributed by atoms with van der Waals surface area (Å²) in [6.45, 7) is 0. The van der Waals surface area contributed by atoms with Crippen molar-refractivity contribution in [1.29, 1.82) is 0 Å². The SMILES string of the molecule is [Li][c]1ccccc1Oc1cccc[c]1[Li]. The van der Waals surface area contributed by atoms with Gasteiger partial charge >= 0.3 is 109 Å². The summed E-state index contributed by atoms with van der Waals surface area (Å²) < 4.78 is 8.15. The van der Waals surface area contributed by atoms with Crippen LogP contribution in [0.25, 0.3) is 0 Å². The normalized spacial score (nSPS) is 10.1. The van der Waals surface area contributed by atoms with Gasteiger partial charge < -0.3 is 0 Å². The standard InChI is InChI=1S/C12H8O.2Li/c1-3-7-11(8-4-1)13-12-9-5-2-6-10-12;;/h1-7,9H;;. The van der Waals surface area contributed by atoms with Crippen molar-refractivity contribution in [2.45, 2.75) is 0 Å². The molecule has 0 saturated carbocycles. The molecule has 0 aliphatic carbocycles. The Morgan fingerprint density at radius 2 is 1.07 bits per heavy atom. The van der Waals surface area contributed by atoms with Gasteiger partial charge in [0.1, 0.15) is 0 Å². The Balaban J connectivity index is 2.30. The van der Waals surface area contributed by atoms with E-state index in [0.717, 1.165) is 20.0 Å². The fraction of sp³-hybridized carbons (Fsp3) is 0. The predicted octanol–water partition coefficient (Wildman–Crippen LogP) is 1.07. The summed E-state index contributed by atoms with van der Waals surface area (Å²) in [7, 11) is 0. The molecule has 0 amide bonds. The Morgan fingerprint density at radius 1 is 0.667 bits per heavy atom. The summed E-state index contributed by atoms with van der Waals surface area (Å²) in [5.74, 6) is 1.85. The number of benzene rings is 2. The molecule has 1 nitrogen and oxygen atoms in total. The molecule has 0 aliphatic heterocycles. The average molecular weight is 182 g/mol. The van der Waals surface area contributed by atoms with Crippen LogP contribution in [0.4, 0.5) is 0 Å². The molecule has 2 aromatic rings. The Morgan fingerprint density at radius 3 is 1.47 bits per heavy atom. The van der Waals surface area contributed by atoms with Crippen molar-refractivity contribution >= 4 is 43.9 Å². The first-order valence-electron chi connectivity index (χ1n) is 5.06. The average Bonchev–Trinajstić information content (AvgIpc) is 2.24. The Hall–Kier alpha value is -0.565. The summed E-state index contributed by atoms with van der Waals surface area (Å²) in [4.78, 5) is 0. The minimum atomic E-state index is 0.923. The van der Waals surface area contributed by atoms with Crippen LogP contribution < -0.4 is 13.2 Å². The van der Waals surface area contributed by atoms with Crippen molar-refractivity contribution in [2.75, 3.05) is 0 Å². The molecule has 3 heteroatoms. The second kappa shape index (κ2) is 4.97. The van der Waals surface area contributed by atoms with Gasteiger partial charge in [0, 0.05) is 0 Å². The molecule has 0 unspecified atom stereocenters. The van der Waals surface area contributed by atoms with Crippen molar-refractivity contribution in [2.24, 2.45) is 0 Å². The molecule has 0 aromatic heterocycles. The van der Waals surface area contributed by atoms with Gasteiger partial charge in [-0.05, 0) is 0 Å². The summed E-state index contributed by atoms with van der Waals surface area (Å²) in [5.41, 5.74) is 0. The van der Waals surface area contributed by atoms with E-state index in [2.05, 4.69) is 0 Å². The van der Waals surface area contributed by atoms with E-state index in [1.807, 2.05) is 84.0 Å². The Kier molecular flexibility index (Phi) is 3.63. The van der Waals surface area contributed by atoms with E-state index in [4.69, 9.17) is 4.74 Å². The van der Waals surface area contributed by atoms with Crippen molar-refractivity contribution in [1.82, 2.24) is 0 Å². The first kappa shape index (κ1) is 10.9. The number of hydrogen-bond donors (Lipinski definition) is 0. The van der Waals surface area contributed by atoms with E-state index in [0.29, 0.717) is 0 Å². The second-order valence-electron chi connectivity index (χ2n) is 3.63. The van der Waals surface area contributed by atoms with Crippen molar-refractivity contribution in [3.05, 3.63) is 48.5 Å². The molecule has 0 saturated heterocycles. The molecule has 0 bridgehead atoms. The molecule has 0 N–H and O–H groups in total. The van der Waals surface area contributed by atoms with Gasteiger partial charge in [-0.2, -0.15) is 0 Å². The number of rotatable bonds is 2. The van der Waals surface area contributed by atoms with Gasteiger partial charge in [0.05, 0.1) is 0 Å². The summed E-state index contributed by atoms with van der Waals surface area (Å²) in [5, 5.41) is 0. The van der Waals surface area contributed by atoms with E-state index < -0.39 is 0 Å². The van der Waals surface area contributed by atoms with Crippen LogP contribution in [0.1, 0.15) is 0 Å². The van der Waals surface area contributed by atoms with Crippen molar-refractivity contribution < 1.29 is 4.74 Å². The molecule has 0 aliphatic rings. The monoisotopic (exact) mass is 182 g/mol. The van der Waals surface area contributed by atoms with Crippen LogP contribution in [0.15, 0.2) is 48.5 Å². The zero-order valence-corrected chi connectivity index (χ0v) is 9.03. The quantitative estimate of drug-likeness (QED) is 0.631. The van der Waals surface area contributed by atoms with E-state index in [1.165, 1.54) is 0 Å². The van der Waals surface area contributed by atoms with Crippen LogP contribution in [0.3, 0.4) is 0 Å². The molecule has 2 aromatic carbocycles. The third-order valence-corrected chi connectivity index (χ3v) is 2.41. The number of para-hydroxylation sites is 2.